The highest BCUT2D eigenvalue weighted by Gasteiger charge is 2.16. The van der Waals surface area contributed by atoms with Crippen LogP contribution in [0.25, 0.3) is 0 Å². The van der Waals surface area contributed by atoms with Gasteiger partial charge in [0, 0.05) is 19.1 Å². The monoisotopic (exact) mass is 221 g/mol. The lowest BCUT2D eigenvalue weighted by Gasteiger charge is -2.19. The molecule has 0 aliphatic carbocycles. The zero-order valence-corrected chi connectivity index (χ0v) is 9.32. The normalized spacial score (nSPS) is 22.2. The van der Waals surface area contributed by atoms with E-state index in [2.05, 4.69) is 16.2 Å². The smallest absolute Gasteiger partial charge is 0.0626 e. The summed E-state index contributed by atoms with van der Waals surface area (Å²) < 4.78 is 0. The van der Waals surface area contributed by atoms with Crippen molar-refractivity contribution >= 4 is 0 Å². The van der Waals surface area contributed by atoms with Crippen LogP contribution in [0.3, 0.4) is 0 Å². The summed E-state index contributed by atoms with van der Waals surface area (Å²) in [5, 5.41) is 12.7. The highest BCUT2D eigenvalue weighted by Crippen LogP contribution is 2.11. The summed E-state index contributed by atoms with van der Waals surface area (Å²) in [6.07, 6.45) is 1.12. The first-order chi connectivity index (χ1) is 7.90. The fourth-order valence-electron chi connectivity index (χ4n) is 1.95. The third-order valence-corrected chi connectivity index (χ3v) is 2.92. The molecule has 1 aliphatic rings. The summed E-state index contributed by atoms with van der Waals surface area (Å²) in [6, 6.07) is 10.5. The van der Waals surface area contributed by atoms with E-state index < -0.39 is 0 Å². The lowest BCUT2D eigenvalue weighted by molar-refractivity contribution is 0.241. The third-order valence-electron chi connectivity index (χ3n) is 2.92. The maximum Gasteiger partial charge on any atom is 0.0626 e. The Bertz CT molecular complexity index is 298. The zero-order valence-electron chi connectivity index (χ0n) is 9.32. The molecule has 16 heavy (non-hydrogen) atoms. The molecule has 2 atom stereocenters. The standard InChI is InChI=1S/C12H19N3O/c16-9-12(10-4-2-1-3-5-10)13-8-11-6-7-14-15-11/h1-5,11-16H,6-9H2. The molecule has 1 aromatic carbocycles. The molecular weight excluding hydrogens is 202 g/mol. The van der Waals surface area contributed by atoms with Gasteiger partial charge >= 0.3 is 0 Å². The second-order valence-electron chi connectivity index (χ2n) is 4.11. The van der Waals surface area contributed by atoms with E-state index in [1.807, 2.05) is 30.3 Å². The fraction of sp³-hybridized carbons (Fsp3) is 0.500. The van der Waals surface area contributed by atoms with Crippen molar-refractivity contribution in [2.75, 3.05) is 19.7 Å². The van der Waals surface area contributed by atoms with E-state index in [0.29, 0.717) is 6.04 Å². The predicted molar refractivity (Wildman–Crippen MR) is 63.8 cm³/mol. The van der Waals surface area contributed by atoms with E-state index in [1.54, 1.807) is 0 Å². The summed E-state index contributed by atoms with van der Waals surface area (Å²) in [4.78, 5) is 0. The number of hydrogen-bond acceptors (Lipinski definition) is 4. The Morgan fingerprint density at radius 2 is 2.19 bits per heavy atom. The van der Waals surface area contributed by atoms with Gasteiger partial charge in [0.05, 0.1) is 12.6 Å². The van der Waals surface area contributed by atoms with Gasteiger partial charge in [-0.25, -0.2) is 0 Å². The van der Waals surface area contributed by atoms with Gasteiger partial charge < -0.3 is 10.4 Å². The minimum absolute atomic E-state index is 0.0311. The Morgan fingerprint density at radius 1 is 1.38 bits per heavy atom. The molecule has 2 rings (SSSR count). The van der Waals surface area contributed by atoms with Crippen molar-refractivity contribution in [1.29, 1.82) is 0 Å². The maximum atomic E-state index is 9.35. The number of hydrogen-bond donors (Lipinski definition) is 4. The Kier molecular flexibility index (Phi) is 4.30. The molecule has 1 aliphatic heterocycles. The van der Waals surface area contributed by atoms with E-state index in [1.165, 1.54) is 0 Å². The van der Waals surface area contributed by atoms with Crippen LogP contribution in [0.2, 0.25) is 0 Å². The molecule has 4 N–H and O–H groups in total. The second-order valence-corrected chi connectivity index (χ2v) is 4.11. The number of aliphatic hydroxyl groups is 1. The third kappa shape index (κ3) is 3.02. The number of nitrogens with one attached hydrogen (secondary N) is 3. The largest absolute Gasteiger partial charge is 0.394 e. The molecule has 4 nitrogen and oxygen atoms in total. The number of hydrazine groups is 1. The van der Waals surface area contributed by atoms with Crippen molar-refractivity contribution < 1.29 is 5.11 Å². The van der Waals surface area contributed by atoms with Crippen LogP contribution in [0.4, 0.5) is 0 Å². The molecule has 0 bridgehead atoms. The number of rotatable bonds is 5. The first kappa shape index (κ1) is 11.5. The lowest BCUT2D eigenvalue weighted by Crippen LogP contribution is -2.39. The average Bonchev–Trinajstić information content (AvgIpc) is 2.84. The number of aliphatic hydroxyl groups excluding tert-OH is 1. The Morgan fingerprint density at radius 3 is 2.81 bits per heavy atom. The van der Waals surface area contributed by atoms with Gasteiger partial charge in [0.15, 0.2) is 0 Å². The van der Waals surface area contributed by atoms with Gasteiger partial charge in [0.25, 0.3) is 0 Å². The Labute approximate surface area is 96.0 Å². The van der Waals surface area contributed by atoms with Gasteiger partial charge in [-0.1, -0.05) is 30.3 Å². The van der Waals surface area contributed by atoms with E-state index in [0.717, 1.165) is 25.1 Å². The maximum absolute atomic E-state index is 9.35. The van der Waals surface area contributed by atoms with Crippen molar-refractivity contribution in [2.24, 2.45) is 0 Å². The first-order valence-electron chi connectivity index (χ1n) is 5.77. The molecule has 0 amide bonds. The number of benzene rings is 1. The molecule has 4 heteroatoms. The molecule has 0 radical (unpaired) electrons. The van der Waals surface area contributed by atoms with Crippen LogP contribution in [0.5, 0.6) is 0 Å². The molecule has 88 valence electrons. The van der Waals surface area contributed by atoms with Crippen LogP contribution in [0.15, 0.2) is 30.3 Å². The van der Waals surface area contributed by atoms with Gasteiger partial charge in [0.2, 0.25) is 0 Å². The zero-order chi connectivity index (χ0) is 11.2. The Balaban J connectivity index is 1.85. The quantitative estimate of drug-likeness (QED) is 0.573. The van der Waals surface area contributed by atoms with E-state index in [-0.39, 0.29) is 12.6 Å². The predicted octanol–water partition coefficient (Wildman–Crippen LogP) is 0.176. The van der Waals surface area contributed by atoms with Crippen LogP contribution in [0, 0.1) is 0 Å². The van der Waals surface area contributed by atoms with Gasteiger partial charge in [-0.3, -0.25) is 10.9 Å². The van der Waals surface area contributed by atoms with E-state index in [9.17, 15) is 5.11 Å². The fourth-order valence-corrected chi connectivity index (χ4v) is 1.95. The minimum Gasteiger partial charge on any atom is -0.394 e. The van der Waals surface area contributed by atoms with Gasteiger partial charge in [-0.15, -0.1) is 0 Å². The van der Waals surface area contributed by atoms with Crippen LogP contribution < -0.4 is 16.2 Å². The van der Waals surface area contributed by atoms with Crippen LogP contribution >= 0.6 is 0 Å². The SMILES string of the molecule is OCC(NCC1CCNN1)c1ccccc1. The summed E-state index contributed by atoms with van der Waals surface area (Å²) in [7, 11) is 0. The second kappa shape index (κ2) is 5.96. The average molecular weight is 221 g/mol. The summed E-state index contributed by atoms with van der Waals surface area (Å²) in [6.45, 7) is 2.01. The minimum atomic E-state index is 0.0311. The topological polar surface area (TPSA) is 56.3 Å². The molecule has 0 spiro atoms. The van der Waals surface area contributed by atoms with E-state index in [4.69, 9.17) is 0 Å². The Hall–Kier alpha value is -0.940. The van der Waals surface area contributed by atoms with Crippen LogP contribution in [0.1, 0.15) is 18.0 Å². The van der Waals surface area contributed by atoms with Crippen molar-refractivity contribution in [3.05, 3.63) is 35.9 Å². The molecule has 1 aromatic rings. The molecular formula is C12H19N3O. The van der Waals surface area contributed by atoms with Gasteiger partial charge in [-0.05, 0) is 12.0 Å². The first-order valence-corrected chi connectivity index (χ1v) is 5.77. The van der Waals surface area contributed by atoms with Crippen LogP contribution in [-0.2, 0) is 0 Å². The van der Waals surface area contributed by atoms with Crippen molar-refractivity contribution in [3.63, 3.8) is 0 Å². The summed E-state index contributed by atoms with van der Waals surface area (Å²) in [5.74, 6) is 0. The lowest BCUT2D eigenvalue weighted by atomic mass is 10.1. The highest BCUT2D eigenvalue weighted by molar-refractivity contribution is 5.18. The highest BCUT2D eigenvalue weighted by atomic mass is 16.3. The molecule has 1 saturated heterocycles. The summed E-state index contributed by atoms with van der Waals surface area (Å²) in [5.41, 5.74) is 7.43. The van der Waals surface area contributed by atoms with Crippen LogP contribution in [-0.4, -0.2) is 30.8 Å². The molecule has 1 heterocycles. The van der Waals surface area contributed by atoms with Gasteiger partial charge in [-0.2, -0.15) is 0 Å². The van der Waals surface area contributed by atoms with Crippen molar-refractivity contribution in [2.45, 2.75) is 18.5 Å². The molecule has 0 saturated carbocycles. The van der Waals surface area contributed by atoms with Gasteiger partial charge in [0.1, 0.15) is 0 Å². The molecule has 0 aromatic heterocycles. The summed E-state index contributed by atoms with van der Waals surface area (Å²) >= 11 is 0. The van der Waals surface area contributed by atoms with E-state index >= 15 is 0 Å². The van der Waals surface area contributed by atoms with Crippen molar-refractivity contribution in [1.82, 2.24) is 16.2 Å². The molecule has 2 unspecified atom stereocenters. The molecule has 1 fully saturated rings. The van der Waals surface area contributed by atoms with Crippen molar-refractivity contribution in [3.8, 4) is 0 Å².